The molecule has 2 heterocycles. The van der Waals surface area contributed by atoms with E-state index in [2.05, 4.69) is 16.8 Å². The standard InChI is InChI=1S/C25H33N3O3S/c1-3-12-26-25(30)27(15-19-8-9-19)16-24(29)28-13-10-23-20(11-14-32-23)21(28)17-31-22-7-5-4-6-18(22)2/h4-7,11,14,19,21H,3,8-10,12-13,15-17H2,1-2H3,(H,26,30). The molecule has 1 aliphatic carbocycles. The van der Waals surface area contributed by atoms with Crippen LogP contribution in [-0.4, -0.2) is 54.5 Å². The minimum absolute atomic E-state index is 0.00691. The first kappa shape index (κ1) is 22.6. The van der Waals surface area contributed by atoms with Crippen molar-refractivity contribution >= 4 is 23.3 Å². The van der Waals surface area contributed by atoms with Crippen LogP contribution in [0, 0.1) is 12.8 Å². The van der Waals surface area contributed by atoms with Gasteiger partial charge in [0.25, 0.3) is 0 Å². The van der Waals surface area contributed by atoms with Gasteiger partial charge in [-0.25, -0.2) is 4.79 Å². The zero-order valence-corrected chi connectivity index (χ0v) is 19.8. The maximum Gasteiger partial charge on any atom is 0.317 e. The predicted molar refractivity (Wildman–Crippen MR) is 127 cm³/mol. The van der Waals surface area contributed by atoms with Gasteiger partial charge < -0.3 is 19.9 Å². The molecule has 1 aromatic carbocycles. The Bertz CT molecular complexity index is 940. The lowest BCUT2D eigenvalue weighted by molar-refractivity contribution is -0.135. The number of thiophene rings is 1. The van der Waals surface area contributed by atoms with Crippen molar-refractivity contribution in [3.63, 3.8) is 0 Å². The first-order valence-corrected chi connectivity index (χ1v) is 12.5. The number of nitrogens with one attached hydrogen (secondary N) is 1. The topological polar surface area (TPSA) is 61.9 Å². The van der Waals surface area contributed by atoms with E-state index in [9.17, 15) is 9.59 Å². The molecule has 32 heavy (non-hydrogen) atoms. The Balaban J connectivity index is 1.48. The van der Waals surface area contributed by atoms with E-state index in [1.54, 1.807) is 16.2 Å². The molecule has 0 bridgehead atoms. The van der Waals surface area contributed by atoms with Gasteiger partial charge in [-0.3, -0.25) is 4.79 Å². The van der Waals surface area contributed by atoms with E-state index in [-0.39, 0.29) is 24.5 Å². The number of ether oxygens (including phenoxy) is 1. The summed E-state index contributed by atoms with van der Waals surface area (Å²) in [6.45, 7) is 6.52. The molecule has 2 aliphatic rings. The zero-order chi connectivity index (χ0) is 22.5. The van der Waals surface area contributed by atoms with Crippen molar-refractivity contribution in [3.05, 3.63) is 51.7 Å². The Labute approximate surface area is 194 Å². The summed E-state index contributed by atoms with van der Waals surface area (Å²) < 4.78 is 6.18. The van der Waals surface area contributed by atoms with Gasteiger partial charge in [-0.15, -0.1) is 11.3 Å². The first-order valence-electron chi connectivity index (χ1n) is 11.6. The molecule has 0 saturated heterocycles. The maximum absolute atomic E-state index is 13.5. The fourth-order valence-electron chi connectivity index (χ4n) is 4.19. The van der Waals surface area contributed by atoms with Gasteiger partial charge in [0.05, 0.1) is 6.04 Å². The predicted octanol–water partition coefficient (Wildman–Crippen LogP) is 4.39. The number of aryl methyl sites for hydroxylation is 1. The van der Waals surface area contributed by atoms with E-state index in [4.69, 9.17) is 4.74 Å². The number of para-hydroxylation sites is 1. The van der Waals surface area contributed by atoms with Crippen LogP contribution in [0.25, 0.3) is 0 Å². The number of amides is 3. The van der Waals surface area contributed by atoms with Crippen molar-refractivity contribution in [1.29, 1.82) is 0 Å². The molecule has 1 aromatic heterocycles. The van der Waals surface area contributed by atoms with Crippen molar-refractivity contribution in [2.75, 3.05) is 32.8 Å². The minimum atomic E-state index is -0.140. The molecular formula is C25H33N3O3S. The summed E-state index contributed by atoms with van der Waals surface area (Å²) in [6, 6.07) is 9.79. The van der Waals surface area contributed by atoms with Gasteiger partial charge in [-0.1, -0.05) is 25.1 Å². The molecule has 7 heteroatoms. The fraction of sp³-hybridized carbons (Fsp3) is 0.520. The second-order valence-electron chi connectivity index (χ2n) is 8.78. The number of hydrogen-bond donors (Lipinski definition) is 1. The van der Waals surface area contributed by atoms with Crippen LogP contribution in [0.5, 0.6) is 5.75 Å². The highest BCUT2D eigenvalue weighted by atomic mass is 32.1. The lowest BCUT2D eigenvalue weighted by Crippen LogP contribution is -2.50. The second-order valence-corrected chi connectivity index (χ2v) is 9.79. The van der Waals surface area contributed by atoms with Crippen LogP contribution in [0.15, 0.2) is 35.7 Å². The summed E-state index contributed by atoms with van der Waals surface area (Å²) in [5.41, 5.74) is 2.25. The van der Waals surface area contributed by atoms with E-state index in [0.29, 0.717) is 32.2 Å². The summed E-state index contributed by atoms with van der Waals surface area (Å²) in [5, 5.41) is 5.04. The van der Waals surface area contributed by atoms with Gasteiger partial charge in [0.15, 0.2) is 0 Å². The number of fused-ring (bicyclic) bond motifs is 1. The van der Waals surface area contributed by atoms with Crippen LogP contribution in [0.4, 0.5) is 4.79 Å². The normalized spacial score (nSPS) is 17.6. The van der Waals surface area contributed by atoms with Crippen molar-refractivity contribution in [2.24, 2.45) is 5.92 Å². The highest BCUT2D eigenvalue weighted by Gasteiger charge is 2.35. The Hall–Kier alpha value is -2.54. The van der Waals surface area contributed by atoms with E-state index >= 15 is 0 Å². The summed E-state index contributed by atoms with van der Waals surface area (Å²) in [4.78, 5) is 31.1. The van der Waals surface area contributed by atoms with Crippen molar-refractivity contribution < 1.29 is 14.3 Å². The van der Waals surface area contributed by atoms with Gasteiger partial charge in [0.2, 0.25) is 5.91 Å². The van der Waals surface area contributed by atoms with Crippen molar-refractivity contribution in [3.8, 4) is 5.75 Å². The SMILES string of the molecule is CCCNC(=O)N(CC(=O)N1CCc2sccc2C1COc1ccccc1C)CC1CC1. The molecule has 1 fully saturated rings. The number of rotatable bonds is 9. The van der Waals surface area contributed by atoms with Crippen LogP contribution in [0.1, 0.15) is 48.2 Å². The lowest BCUT2D eigenvalue weighted by atomic mass is 10.0. The monoisotopic (exact) mass is 455 g/mol. The Morgan fingerprint density at radius 3 is 2.81 bits per heavy atom. The van der Waals surface area contributed by atoms with Gasteiger partial charge >= 0.3 is 6.03 Å². The third kappa shape index (κ3) is 5.44. The molecule has 1 aliphatic heterocycles. The summed E-state index contributed by atoms with van der Waals surface area (Å²) >= 11 is 1.74. The van der Waals surface area contributed by atoms with Gasteiger partial charge in [0.1, 0.15) is 18.9 Å². The zero-order valence-electron chi connectivity index (χ0n) is 19.0. The molecule has 3 amide bonds. The third-order valence-electron chi connectivity index (χ3n) is 6.22. The lowest BCUT2D eigenvalue weighted by Gasteiger charge is -2.37. The third-order valence-corrected chi connectivity index (χ3v) is 7.22. The first-order chi connectivity index (χ1) is 15.6. The van der Waals surface area contributed by atoms with Crippen molar-refractivity contribution in [2.45, 2.75) is 45.6 Å². The number of urea groups is 1. The number of carbonyl (C=O) groups is 2. The van der Waals surface area contributed by atoms with Crippen LogP contribution in [0.3, 0.4) is 0 Å². The molecule has 6 nitrogen and oxygen atoms in total. The molecule has 1 atom stereocenters. The van der Waals surface area contributed by atoms with Gasteiger partial charge in [-0.05, 0) is 67.2 Å². The Kier molecular flexibility index (Phi) is 7.35. The Morgan fingerprint density at radius 1 is 1.25 bits per heavy atom. The maximum atomic E-state index is 13.5. The molecule has 4 rings (SSSR count). The number of carbonyl (C=O) groups excluding carboxylic acids is 2. The molecule has 1 unspecified atom stereocenters. The van der Waals surface area contributed by atoms with E-state index in [0.717, 1.165) is 37.0 Å². The average molecular weight is 456 g/mol. The molecule has 1 saturated carbocycles. The van der Waals surface area contributed by atoms with E-state index in [1.807, 2.05) is 43.0 Å². The van der Waals surface area contributed by atoms with Crippen LogP contribution in [0.2, 0.25) is 0 Å². The quantitative estimate of drug-likeness (QED) is 0.610. The highest BCUT2D eigenvalue weighted by Crippen LogP contribution is 2.35. The number of benzene rings is 1. The van der Waals surface area contributed by atoms with Crippen LogP contribution < -0.4 is 10.1 Å². The number of hydrogen-bond acceptors (Lipinski definition) is 4. The molecule has 0 radical (unpaired) electrons. The van der Waals surface area contributed by atoms with Gasteiger partial charge in [0, 0.05) is 24.5 Å². The minimum Gasteiger partial charge on any atom is -0.491 e. The van der Waals surface area contributed by atoms with Crippen LogP contribution in [-0.2, 0) is 11.2 Å². The summed E-state index contributed by atoms with van der Waals surface area (Å²) in [7, 11) is 0. The van der Waals surface area contributed by atoms with E-state index < -0.39 is 0 Å². The molecule has 172 valence electrons. The largest absolute Gasteiger partial charge is 0.491 e. The van der Waals surface area contributed by atoms with Crippen LogP contribution >= 0.6 is 11.3 Å². The molecule has 2 aromatic rings. The van der Waals surface area contributed by atoms with Crippen molar-refractivity contribution in [1.82, 2.24) is 15.1 Å². The Morgan fingerprint density at radius 2 is 2.06 bits per heavy atom. The number of nitrogens with zero attached hydrogens (tertiary/aromatic N) is 2. The molecular weight excluding hydrogens is 422 g/mol. The summed E-state index contributed by atoms with van der Waals surface area (Å²) in [5.74, 6) is 1.37. The van der Waals surface area contributed by atoms with E-state index in [1.165, 1.54) is 10.4 Å². The molecule has 1 N–H and O–H groups in total. The second kappa shape index (κ2) is 10.4. The van der Waals surface area contributed by atoms with Gasteiger partial charge in [-0.2, -0.15) is 0 Å². The molecule has 0 spiro atoms. The summed E-state index contributed by atoms with van der Waals surface area (Å²) in [6.07, 6.45) is 4.01. The average Bonchev–Trinajstić information content (AvgIpc) is 3.48. The smallest absolute Gasteiger partial charge is 0.317 e. The fourth-order valence-corrected chi connectivity index (χ4v) is 5.12. The highest BCUT2D eigenvalue weighted by molar-refractivity contribution is 7.10.